The topological polar surface area (TPSA) is 111 Å². The average Bonchev–Trinajstić information content (AvgIpc) is 3.21. The summed E-state index contributed by atoms with van der Waals surface area (Å²) in [4.78, 5) is 11.8. The molecule has 4 aromatic rings. The van der Waals surface area contributed by atoms with Crippen LogP contribution in [-0.4, -0.2) is 38.8 Å². The lowest BCUT2D eigenvalue weighted by Gasteiger charge is -2.10. The Morgan fingerprint density at radius 2 is 1.77 bits per heavy atom. The van der Waals surface area contributed by atoms with Gasteiger partial charge in [-0.2, -0.15) is 4.98 Å². The van der Waals surface area contributed by atoms with Gasteiger partial charge in [0.1, 0.15) is 23.0 Å². The molecule has 0 fully saturated rings. The number of benzene rings is 1. The van der Waals surface area contributed by atoms with Crippen molar-refractivity contribution in [3.8, 4) is 34.6 Å². The lowest BCUT2D eigenvalue weighted by Crippen LogP contribution is -2.02. The monoisotopic (exact) mass is 351 g/mol. The van der Waals surface area contributed by atoms with E-state index in [2.05, 4.69) is 15.0 Å². The number of fused-ring (bicyclic) bond motifs is 1. The number of imidazole rings is 1. The van der Waals surface area contributed by atoms with Crippen LogP contribution in [0.1, 0.15) is 0 Å². The quantitative estimate of drug-likeness (QED) is 0.521. The third-order valence-electron chi connectivity index (χ3n) is 4.11. The molecule has 0 aliphatic rings. The van der Waals surface area contributed by atoms with Crippen LogP contribution < -0.4 is 15.2 Å². The molecule has 4 rings (SSSR count). The van der Waals surface area contributed by atoms with E-state index in [4.69, 9.17) is 15.2 Å². The molecule has 0 unspecified atom stereocenters. The number of aromatic nitrogens is 4. The summed E-state index contributed by atoms with van der Waals surface area (Å²) >= 11 is 0. The minimum Gasteiger partial charge on any atom is -0.505 e. The van der Waals surface area contributed by atoms with Gasteiger partial charge in [-0.1, -0.05) is 12.1 Å². The summed E-state index contributed by atoms with van der Waals surface area (Å²) < 4.78 is 12.0. The molecule has 4 N–H and O–H groups in total. The smallest absolute Gasteiger partial charge is 0.218 e. The van der Waals surface area contributed by atoms with Gasteiger partial charge in [-0.05, 0) is 12.1 Å². The number of H-pyrrole nitrogens is 1. The van der Waals surface area contributed by atoms with Gasteiger partial charge in [0.05, 0.1) is 37.1 Å². The number of aromatic hydroxyl groups is 1. The number of nitrogens with zero attached hydrogens (tertiary/aromatic N) is 3. The van der Waals surface area contributed by atoms with Crippen molar-refractivity contribution in [3.63, 3.8) is 0 Å². The first kappa shape index (κ1) is 15.8. The van der Waals surface area contributed by atoms with Gasteiger partial charge in [-0.25, -0.2) is 4.98 Å². The molecule has 0 spiro atoms. The number of nitrogen functional groups attached to an aromatic ring is 1. The number of hydrogen-bond acceptors (Lipinski definition) is 6. The van der Waals surface area contributed by atoms with Crippen LogP contribution in [-0.2, 0) is 0 Å². The molecular formula is C18H17N5O3. The van der Waals surface area contributed by atoms with Gasteiger partial charge in [0, 0.05) is 12.1 Å². The highest BCUT2D eigenvalue weighted by atomic mass is 16.5. The molecule has 26 heavy (non-hydrogen) atoms. The molecule has 0 aliphatic heterocycles. The Morgan fingerprint density at radius 3 is 2.42 bits per heavy atom. The summed E-state index contributed by atoms with van der Waals surface area (Å²) in [5.74, 6) is 1.58. The van der Waals surface area contributed by atoms with E-state index < -0.39 is 0 Å². The number of nitrogens with two attached hydrogens (primary N) is 1. The maximum atomic E-state index is 10.5. The van der Waals surface area contributed by atoms with Crippen molar-refractivity contribution >= 4 is 16.9 Å². The molecule has 8 nitrogen and oxygen atoms in total. The van der Waals surface area contributed by atoms with Crippen LogP contribution in [0.25, 0.3) is 28.1 Å². The summed E-state index contributed by atoms with van der Waals surface area (Å²) in [7, 11) is 3.03. The fourth-order valence-corrected chi connectivity index (χ4v) is 2.85. The lowest BCUT2D eigenvalue weighted by molar-refractivity contribution is 0.364. The second kappa shape index (κ2) is 5.99. The SMILES string of the molecule is COc1cc(-n2cc(O)c(-c3nc4ccccc4[nH]3)c2N)cc(OC)n1. The summed E-state index contributed by atoms with van der Waals surface area (Å²) in [5, 5.41) is 10.5. The van der Waals surface area contributed by atoms with Crippen molar-refractivity contribution in [1.82, 2.24) is 19.5 Å². The molecular weight excluding hydrogens is 334 g/mol. The van der Waals surface area contributed by atoms with Gasteiger partial charge < -0.3 is 25.3 Å². The molecule has 0 bridgehead atoms. The van der Waals surface area contributed by atoms with Crippen LogP contribution in [0.4, 0.5) is 5.82 Å². The number of methoxy groups -OCH3 is 2. The number of hydrogen-bond donors (Lipinski definition) is 3. The van der Waals surface area contributed by atoms with Gasteiger partial charge in [-0.15, -0.1) is 0 Å². The van der Waals surface area contributed by atoms with E-state index >= 15 is 0 Å². The van der Waals surface area contributed by atoms with E-state index in [1.165, 1.54) is 20.4 Å². The molecule has 132 valence electrons. The first-order chi connectivity index (χ1) is 12.6. The van der Waals surface area contributed by atoms with Crippen LogP contribution >= 0.6 is 0 Å². The van der Waals surface area contributed by atoms with E-state index in [0.29, 0.717) is 34.7 Å². The molecule has 3 aromatic heterocycles. The van der Waals surface area contributed by atoms with Crippen LogP contribution in [0.15, 0.2) is 42.6 Å². The van der Waals surface area contributed by atoms with Gasteiger partial charge in [-0.3, -0.25) is 4.57 Å². The van der Waals surface area contributed by atoms with Gasteiger partial charge in [0.2, 0.25) is 11.8 Å². The normalized spacial score (nSPS) is 11.0. The standard InChI is InChI=1S/C18H17N5O3/c1-25-14-7-10(8-15(22-14)26-2)23-9-13(24)16(17(23)19)18-20-11-5-3-4-6-12(11)21-18/h3-9,24H,19H2,1-2H3,(H,20,21). The predicted octanol–water partition coefficient (Wildman–Crippen LogP) is 2.72. The number of nitrogens with one attached hydrogen (secondary N) is 1. The molecule has 1 aromatic carbocycles. The minimum atomic E-state index is 0.0105. The van der Waals surface area contributed by atoms with Crippen molar-refractivity contribution in [2.75, 3.05) is 20.0 Å². The van der Waals surface area contributed by atoms with E-state index in [0.717, 1.165) is 11.0 Å². The predicted molar refractivity (Wildman–Crippen MR) is 97.8 cm³/mol. The Bertz CT molecular complexity index is 1040. The maximum absolute atomic E-state index is 10.5. The zero-order valence-electron chi connectivity index (χ0n) is 14.2. The van der Waals surface area contributed by atoms with Crippen LogP contribution in [0.3, 0.4) is 0 Å². The Morgan fingerprint density at radius 1 is 1.08 bits per heavy atom. The lowest BCUT2D eigenvalue weighted by atomic mass is 10.3. The molecule has 0 saturated carbocycles. The zero-order valence-corrected chi connectivity index (χ0v) is 14.2. The Labute approximate surface area is 148 Å². The largest absolute Gasteiger partial charge is 0.505 e. The van der Waals surface area contributed by atoms with Crippen LogP contribution in [0.2, 0.25) is 0 Å². The molecule has 8 heteroatoms. The number of rotatable bonds is 4. The number of ether oxygens (including phenoxy) is 2. The zero-order chi connectivity index (χ0) is 18.3. The molecule has 3 heterocycles. The summed E-state index contributed by atoms with van der Waals surface area (Å²) in [5.41, 5.74) is 9.04. The van der Waals surface area contributed by atoms with Crippen molar-refractivity contribution in [3.05, 3.63) is 42.6 Å². The Hall–Kier alpha value is -3.68. The number of aromatic amines is 1. The third kappa shape index (κ3) is 2.48. The Balaban J connectivity index is 1.87. The van der Waals surface area contributed by atoms with Crippen LogP contribution in [0.5, 0.6) is 17.5 Å². The fraction of sp³-hybridized carbons (Fsp3) is 0.111. The number of pyridine rings is 1. The summed E-state index contributed by atoms with van der Waals surface area (Å²) in [6, 6.07) is 11.0. The number of para-hydroxylation sites is 2. The molecule has 0 saturated heterocycles. The second-order valence-corrected chi connectivity index (χ2v) is 5.66. The van der Waals surface area contributed by atoms with E-state index in [9.17, 15) is 5.11 Å². The summed E-state index contributed by atoms with van der Waals surface area (Å²) in [6.07, 6.45) is 1.52. The molecule has 0 radical (unpaired) electrons. The first-order valence-electron chi connectivity index (χ1n) is 7.86. The molecule has 0 atom stereocenters. The van der Waals surface area contributed by atoms with Gasteiger partial charge >= 0.3 is 0 Å². The summed E-state index contributed by atoms with van der Waals surface area (Å²) in [6.45, 7) is 0. The molecule has 0 aliphatic carbocycles. The van der Waals surface area contributed by atoms with Gasteiger partial charge in [0.25, 0.3) is 0 Å². The third-order valence-corrected chi connectivity index (χ3v) is 4.11. The molecule has 0 amide bonds. The van der Waals surface area contributed by atoms with Crippen molar-refractivity contribution in [2.45, 2.75) is 0 Å². The van der Waals surface area contributed by atoms with Crippen molar-refractivity contribution < 1.29 is 14.6 Å². The van der Waals surface area contributed by atoms with Crippen molar-refractivity contribution in [2.24, 2.45) is 0 Å². The maximum Gasteiger partial charge on any atom is 0.218 e. The second-order valence-electron chi connectivity index (χ2n) is 5.66. The van der Waals surface area contributed by atoms with E-state index in [1.807, 2.05) is 24.3 Å². The van der Waals surface area contributed by atoms with Crippen LogP contribution in [0, 0.1) is 0 Å². The van der Waals surface area contributed by atoms with Gasteiger partial charge in [0.15, 0.2) is 0 Å². The Kier molecular flexibility index (Phi) is 3.65. The average molecular weight is 351 g/mol. The minimum absolute atomic E-state index is 0.0105. The van der Waals surface area contributed by atoms with E-state index in [-0.39, 0.29) is 5.75 Å². The van der Waals surface area contributed by atoms with E-state index in [1.54, 1.807) is 16.7 Å². The number of anilines is 1. The highest BCUT2D eigenvalue weighted by Crippen LogP contribution is 2.38. The van der Waals surface area contributed by atoms with Crippen molar-refractivity contribution in [1.29, 1.82) is 0 Å². The highest BCUT2D eigenvalue weighted by Gasteiger charge is 2.20. The first-order valence-corrected chi connectivity index (χ1v) is 7.86. The fourth-order valence-electron chi connectivity index (χ4n) is 2.85. The highest BCUT2D eigenvalue weighted by molar-refractivity contribution is 5.85.